The Kier molecular flexibility index (Phi) is 8.15. The Morgan fingerprint density at radius 2 is 2.21 bits per heavy atom. The van der Waals surface area contributed by atoms with Gasteiger partial charge in [-0.1, -0.05) is 25.5 Å². The summed E-state index contributed by atoms with van der Waals surface area (Å²) in [6.07, 6.45) is 4.95. The van der Waals surface area contributed by atoms with Crippen molar-refractivity contribution in [1.29, 1.82) is 0 Å². The van der Waals surface area contributed by atoms with E-state index in [0.717, 1.165) is 62.4 Å². The zero-order valence-electron chi connectivity index (χ0n) is 20.0. The number of nitrogens with zero attached hydrogens (tertiary/aromatic N) is 5. The number of anilines is 2. The van der Waals surface area contributed by atoms with Crippen LogP contribution >= 0.6 is 0 Å². The lowest BCUT2D eigenvalue weighted by atomic mass is 10.1. The van der Waals surface area contributed by atoms with Crippen molar-refractivity contribution in [1.82, 2.24) is 25.1 Å². The Hall–Kier alpha value is -2.95. The standard InChI is InChI=1S/C24H35N7O3/c1-3-4-8-30(9-10-32)23-22-20(27-24(25)28-23)15-31(29-22)14-18-6-5-17(12-21(18)33-2)13-26-19-7-11-34-16-19/h5-6,12,15,19,26,32H,3-4,7-11,13-14,16H2,1-2H3,(H2,25,27)/t19-/m0/s1. The number of nitrogens with one attached hydrogen (secondary N) is 1. The van der Waals surface area contributed by atoms with E-state index in [1.165, 1.54) is 0 Å². The fourth-order valence-electron chi connectivity index (χ4n) is 4.22. The van der Waals surface area contributed by atoms with E-state index in [0.29, 0.717) is 36.0 Å². The number of aliphatic hydroxyl groups excluding tert-OH is 1. The molecule has 1 fully saturated rings. The first kappa shape index (κ1) is 24.2. The molecule has 0 amide bonds. The molecule has 10 heteroatoms. The van der Waals surface area contributed by atoms with Gasteiger partial charge < -0.3 is 30.5 Å². The Labute approximate surface area is 200 Å². The van der Waals surface area contributed by atoms with E-state index in [-0.39, 0.29) is 12.6 Å². The van der Waals surface area contributed by atoms with Crippen LogP contribution in [0.5, 0.6) is 5.75 Å². The average molecular weight is 470 g/mol. The van der Waals surface area contributed by atoms with Gasteiger partial charge in [-0.25, -0.2) is 4.98 Å². The second-order valence-electron chi connectivity index (χ2n) is 8.62. The molecule has 3 heterocycles. The monoisotopic (exact) mass is 469 g/mol. The van der Waals surface area contributed by atoms with Crippen molar-refractivity contribution in [2.45, 2.75) is 45.3 Å². The summed E-state index contributed by atoms with van der Waals surface area (Å²) in [6.45, 7) is 6.29. The first-order valence-electron chi connectivity index (χ1n) is 11.9. The number of hydrogen-bond donors (Lipinski definition) is 3. The second-order valence-corrected chi connectivity index (χ2v) is 8.62. The van der Waals surface area contributed by atoms with Crippen molar-refractivity contribution < 1.29 is 14.6 Å². The van der Waals surface area contributed by atoms with Gasteiger partial charge in [-0.05, 0) is 24.5 Å². The predicted molar refractivity (Wildman–Crippen MR) is 132 cm³/mol. The summed E-state index contributed by atoms with van der Waals surface area (Å²) in [5, 5.41) is 17.9. The number of ether oxygens (including phenoxy) is 2. The molecule has 1 saturated heterocycles. The minimum atomic E-state index is 0.0298. The number of unbranched alkanes of at least 4 members (excludes halogenated alkanes) is 1. The highest BCUT2D eigenvalue weighted by molar-refractivity contribution is 5.86. The molecule has 1 aliphatic heterocycles. The number of rotatable bonds is 12. The van der Waals surface area contributed by atoms with Gasteiger partial charge in [-0.2, -0.15) is 10.1 Å². The van der Waals surface area contributed by atoms with E-state index < -0.39 is 0 Å². The summed E-state index contributed by atoms with van der Waals surface area (Å²) < 4.78 is 13.0. The van der Waals surface area contributed by atoms with Gasteiger partial charge in [0, 0.05) is 37.8 Å². The summed E-state index contributed by atoms with van der Waals surface area (Å²) in [4.78, 5) is 10.9. The third kappa shape index (κ3) is 5.75. The Bertz CT molecular complexity index is 1080. The molecule has 0 unspecified atom stereocenters. The SMILES string of the molecule is CCCCN(CCO)c1nc(N)nc2cn(Cc3ccc(CN[C@H]4CCOC4)cc3OC)nc12. The van der Waals surface area contributed by atoms with Crippen molar-refractivity contribution in [3.63, 3.8) is 0 Å². The molecule has 0 aliphatic carbocycles. The number of aliphatic hydroxyl groups is 1. The lowest BCUT2D eigenvalue weighted by Gasteiger charge is -2.22. The zero-order valence-corrected chi connectivity index (χ0v) is 20.0. The maximum atomic E-state index is 9.55. The van der Waals surface area contributed by atoms with Gasteiger partial charge in [-0.3, -0.25) is 4.68 Å². The Morgan fingerprint density at radius 1 is 1.32 bits per heavy atom. The highest BCUT2D eigenvalue weighted by Crippen LogP contribution is 2.26. The molecule has 184 valence electrons. The maximum absolute atomic E-state index is 9.55. The van der Waals surface area contributed by atoms with Crippen molar-refractivity contribution in [2.24, 2.45) is 0 Å². The smallest absolute Gasteiger partial charge is 0.222 e. The summed E-state index contributed by atoms with van der Waals surface area (Å²) in [6, 6.07) is 6.67. The lowest BCUT2D eigenvalue weighted by Crippen LogP contribution is -2.29. The fraction of sp³-hybridized carbons (Fsp3) is 0.542. The van der Waals surface area contributed by atoms with Gasteiger partial charge in [0.15, 0.2) is 11.3 Å². The van der Waals surface area contributed by atoms with Crippen LogP contribution in [0.2, 0.25) is 0 Å². The molecule has 0 saturated carbocycles. The molecular weight excluding hydrogens is 434 g/mol. The second kappa shape index (κ2) is 11.5. The van der Waals surface area contributed by atoms with Gasteiger partial charge in [0.25, 0.3) is 0 Å². The van der Waals surface area contributed by atoms with Gasteiger partial charge in [-0.15, -0.1) is 0 Å². The van der Waals surface area contributed by atoms with Crippen molar-refractivity contribution in [3.05, 3.63) is 35.5 Å². The molecular formula is C24H35N7O3. The molecule has 0 spiro atoms. The number of aromatic nitrogens is 4. The van der Waals surface area contributed by atoms with E-state index >= 15 is 0 Å². The lowest BCUT2D eigenvalue weighted by molar-refractivity contribution is 0.190. The molecule has 10 nitrogen and oxygen atoms in total. The van der Waals surface area contributed by atoms with Gasteiger partial charge in [0.2, 0.25) is 5.95 Å². The van der Waals surface area contributed by atoms with Crippen molar-refractivity contribution >= 4 is 22.8 Å². The first-order valence-corrected chi connectivity index (χ1v) is 11.9. The summed E-state index contributed by atoms with van der Waals surface area (Å²) in [7, 11) is 1.69. The van der Waals surface area contributed by atoms with Crippen LogP contribution in [0, 0.1) is 0 Å². The molecule has 1 atom stereocenters. The Balaban J connectivity index is 1.55. The summed E-state index contributed by atoms with van der Waals surface area (Å²) in [5.41, 5.74) is 9.54. The number of fused-ring (bicyclic) bond motifs is 1. The zero-order chi connectivity index (χ0) is 23.9. The first-order chi connectivity index (χ1) is 16.6. The highest BCUT2D eigenvalue weighted by Gasteiger charge is 2.18. The van der Waals surface area contributed by atoms with Crippen molar-refractivity contribution in [3.8, 4) is 5.75 Å². The third-order valence-electron chi connectivity index (χ3n) is 6.07. The predicted octanol–water partition coefficient (Wildman–Crippen LogP) is 1.94. The van der Waals surface area contributed by atoms with Crippen LogP contribution in [0.15, 0.2) is 24.4 Å². The number of methoxy groups -OCH3 is 1. The maximum Gasteiger partial charge on any atom is 0.222 e. The molecule has 3 aromatic rings. The van der Waals surface area contributed by atoms with Crippen molar-refractivity contribution in [2.75, 3.05) is 50.7 Å². The van der Waals surface area contributed by atoms with Crippen LogP contribution in [0.25, 0.3) is 11.0 Å². The summed E-state index contributed by atoms with van der Waals surface area (Å²) >= 11 is 0. The Morgan fingerprint density at radius 3 is 2.94 bits per heavy atom. The van der Waals surface area contributed by atoms with Crippen LogP contribution in [0.1, 0.15) is 37.3 Å². The quantitative estimate of drug-likeness (QED) is 0.365. The van der Waals surface area contributed by atoms with Crippen LogP contribution in [0.3, 0.4) is 0 Å². The molecule has 1 aromatic carbocycles. The van der Waals surface area contributed by atoms with Gasteiger partial charge in [0.05, 0.1) is 33.1 Å². The van der Waals surface area contributed by atoms with Gasteiger partial charge >= 0.3 is 0 Å². The number of hydrogen-bond acceptors (Lipinski definition) is 9. The third-order valence-corrected chi connectivity index (χ3v) is 6.07. The topological polar surface area (TPSA) is 124 Å². The molecule has 0 radical (unpaired) electrons. The normalized spacial score (nSPS) is 15.8. The van der Waals surface area contributed by atoms with E-state index in [2.05, 4.69) is 40.4 Å². The molecule has 0 bridgehead atoms. The van der Waals surface area contributed by atoms with E-state index in [9.17, 15) is 5.11 Å². The number of nitrogen functional groups attached to an aromatic ring is 1. The summed E-state index contributed by atoms with van der Waals surface area (Å²) in [5.74, 6) is 1.67. The number of nitrogens with two attached hydrogens (primary N) is 1. The molecule has 4 rings (SSSR count). The van der Waals surface area contributed by atoms with E-state index in [1.807, 2.05) is 15.8 Å². The molecule has 2 aromatic heterocycles. The van der Waals surface area contributed by atoms with Gasteiger partial charge in [0.1, 0.15) is 11.3 Å². The number of benzene rings is 1. The van der Waals surface area contributed by atoms with Crippen LogP contribution in [-0.4, -0.2) is 70.9 Å². The molecule has 4 N–H and O–H groups in total. The fourth-order valence-corrected chi connectivity index (χ4v) is 4.22. The largest absolute Gasteiger partial charge is 0.496 e. The van der Waals surface area contributed by atoms with Crippen LogP contribution in [-0.2, 0) is 17.8 Å². The van der Waals surface area contributed by atoms with E-state index in [4.69, 9.17) is 20.3 Å². The highest BCUT2D eigenvalue weighted by atomic mass is 16.5. The van der Waals surface area contributed by atoms with Crippen LogP contribution < -0.4 is 20.7 Å². The molecule has 1 aliphatic rings. The minimum absolute atomic E-state index is 0.0298. The van der Waals surface area contributed by atoms with Crippen LogP contribution in [0.4, 0.5) is 11.8 Å². The minimum Gasteiger partial charge on any atom is -0.496 e. The van der Waals surface area contributed by atoms with E-state index in [1.54, 1.807) is 7.11 Å². The molecule has 34 heavy (non-hydrogen) atoms. The average Bonchev–Trinajstić information content (AvgIpc) is 3.50.